The van der Waals surface area contributed by atoms with Crippen LogP contribution in [-0.2, 0) is 16.1 Å². The Bertz CT molecular complexity index is 1040. The molecule has 2 unspecified atom stereocenters. The van der Waals surface area contributed by atoms with Crippen LogP contribution in [0.2, 0.25) is 0 Å². The van der Waals surface area contributed by atoms with Crippen LogP contribution in [0, 0.1) is 0 Å². The summed E-state index contributed by atoms with van der Waals surface area (Å²) in [5, 5.41) is 0.982. The third-order valence-electron chi connectivity index (χ3n) is 6.07. The van der Waals surface area contributed by atoms with E-state index in [1.165, 1.54) is 0 Å². The van der Waals surface area contributed by atoms with Crippen molar-refractivity contribution in [3.05, 3.63) is 72.2 Å². The molecule has 3 aromatic rings. The van der Waals surface area contributed by atoms with Crippen molar-refractivity contribution in [3.8, 4) is 0 Å². The highest BCUT2D eigenvalue weighted by Crippen LogP contribution is 2.36. The Morgan fingerprint density at radius 2 is 2.10 bits per heavy atom. The van der Waals surface area contributed by atoms with Gasteiger partial charge in [0.25, 0.3) is 5.91 Å². The van der Waals surface area contributed by atoms with Crippen LogP contribution >= 0.6 is 0 Å². The summed E-state index contributed by atoms with van der Waals surface area (Å²) in [6.45, 7) is 2.44. The second kappa shape index (κ2) is 8.13. The Labute approximate surface area is 175 Å². The molecule has 6 heteroatoms. The van der Waals surface area contributed by atoms with Crippen LogP contribution in [0.1, 0.15) is 35.2 Å². The third-order valence-corrected chi connectivity index (χ3v) is 6.07. The number of aromatic nitrogens is 2. The lowest BCUT2D eigenvalue weighted by atomic mass is 9.89. The number of amides is 1. The first-order chi connectivity index (χ1) is 14.7. The molecule has 4 heterocycles. The summed E-state index contributed by atoms with van der Waals surface area (Å²) >= 11 is 0. The number of ether oxygens (including phenoxy) is 2. The van der Waals surface area contributed by atoms with Crippen LogP contribution < -0.4 is 0 Å². The molecule has 1 aromatic carbocycles. The van der Waals surface area contributed by atoms with E-state index >= 15 is 0 Å². The van der Waals surface area contributed by atoms with Crippen LogP contribution in [0.5, 0.6) is 0 Å². The van der Waals surface area contributed by atoms with Gasteiger partial charge in [0.15, 0.2) is 0 Å². The minimum Gasteiger partial charge on any atom is -0.371 e. The zero-order valence-corrected chi connectivity index (χ0v) is 16.9. The normalized spacial score (nSPS) is 23.9. The second-order valence-corrected chi connectivity index (χ2v) is 8.20. The predicted molar refractivity (Wildman–Crippen MR) is 113 cm³/mol. The molecule has 2 aliphatic heterocycles. The van der Waals surface area contributed by atoms with Gasteiger partial charge in [-0.05, 0) is 36.6 Å². The highest BCUT2D eigenvalue weighted by atomic mass is 16.6. The van der Waals surface area contributed by atoms with Crippen LogP contribution in [0.3, 0.4) is 0 Å². The molecule has 0 bridgehead atoms. The maximum atomic E-state index is 13.3. The van der Waals surface area contributed by atoms with Crippen LogP contribution in [-0.4, -0.2) is 52.2 Å². The van der Waals surface area contributed by atoms with Crippen LogP contribution in [0.25, 0.3) is 10.9 Å². The summed E-state index contributed by atoms with van der Waals surface area (Å²) in [7, 11) is 0. The van der Waals surface area contributed by atoms with Crippen molar-refractivity contribution in [2.24, 2.45) is 0 Å². The number of fused-ring (bicyclic) bond motifs is 1. The predicted octanol–water partition coefficient (Wildman–Crippen LogP) is 3.61. The van der Waals surface area contributed by atoms with E-state index in [9.17, 15) is 4.79 Å². The number of hydrogen-bond donors (Lipinski definition) is 0. The molecule has 2 fully saturated rings. The third kappa shape index (κ3) is 3.80. The van der Waals surface area contributed by atoms with Gasteiger partial charge in [-0.2, -0.15) is 0 Å². The molecule has 30 heavy (non-hydrogen) atoms. The van der Waals surface area contributed by atoms with Gasteiger partial charge in [-0.1, -0.05) is 24.3 Å². The SMILES string of the molecule is O=C(c1cccc2cccnc12)N1CCCC2(CC(OCc3cccnc3)CO2)C1. The van der Waals surface area contributed by atoms with Crippen molar-refractivity contribution in [1.29, 1.82) is 0 Å². The number of hydrogen-bond acceptors (Lipinski definition) is 5. The zero-order chi connectivity index (χ0) is 20.4. The first-order valence-corrected chi connectivity index (χ1v) is 10.5. The molecule has 1 amide bonds. The van der Waals surface area contributed by atoms with E-state index in [4.69, 9.17) is 9.47 Å². The Hall–Kier alpha value is -2.83. The van der Waals surface area contributed by atoms with E-state index in [1.54, 1.807) is 12.4 Å². The average Bonchev–Trinajstić information content (AvgIpc) is 3.19. The molecule has 2 saturated heterocycles. The summed E-state index contributed by atoms with van der Waals surface area (Å²) in [5.74, 6) is 0.0294. The molecule has 154 valence electrons. The van der Waals surface area contributed by atoms with Crippen molar-refractivity contribution >= 4 is 16.8 Å². The quantitative estimate of drug-likeness (QED) is 0.666. The second-order valence-electron chi connectivity index (χ2n) is 8.20. The highest BCUT2D eigenvalue weighted by molar-refractivity contribution is 6.05. The maximum Gasteiger partial charge on any atom is 0.256 e. The number of carbonyl (C=O) groups excluding carboxylic acids is 1. The number of nitrogens with zero attached hydrogens (tertiary/aromatic N) is 3. The number of rotatable bonds is 4. The van der Waals surface area contributed by atoms with E-state index in [1.807, 2.05) is 53.6 Å². The fourth-order valence-corrected chi connectivity index (χ4v) is 4.61. The minimum absolute atomic E-state index is 0.0294. The molecule has 0 saturated carbocycles. The Balaban J connectivity index is 1.27. The number of pyridine rings is 2. The van der Waals surface area contributed by atoms with Gasteiger partial charge in [0.2, 0.25) is 0 Å². The van der Waals surface area contributed by atoms with Gasteiger partial charge in [-0.3, -0.25) is 14.8 Å². The molecule has 0 aliphatic carbocycles. The number of benzene rings is 1. The Morgan fingerprint density at radius 1 is 1.20 bits per heavy atom. The molecule has 2 atom stereocenters. The summed E-state index contributed by atoms with van der Waals surface area (Å²) in [6.07, 6.45) is 8.06. The first-order valence-electron chi connectivity index (χ1n) is 10.5. The van der Waals surface area contributed by atoms with E-state index in [2.05, 4.69) is 9.97 Å². The largest absolute Gasteiger partial charge is 0.371 e. The van der Waals surface area contributed by atoms with E-state index in [-0.39, 0.29) is 17.6 Å². The maximum absolute atomic E-state index is 13.3. The summed E-state index contributed by atoms with van der Waals surface area (Å²) in [5.41, 5.74) is 2.16. The van der Waals surface area contributed by atoms with Crippen molar-refractivity contribution in [1.82, 2.24) is 14.9 Å². The van der Waals surface area contributed by atoms with Gasteiger partial charge in [0, 0.05) is 36.9 Å². The fourth-order valence-electron chi connectivity index (χ4n) is 4.61. The van der Waals surface area contributed by atoms with E-state index < -0.39 is 0 Å². The lowest BCUT2D eigenvalue weighted by Gasteiger charge is -2.39. The minimum atomic E-state index is -0.314. The monoisotopic (exact) mass is 403 g/mol. The number of likely N-dealkylation sites (tertiary alicyclic amines) is 1. The zero-order valence-electron chi connectivity index (χ0n) is 16.9. The molecule has 2 aromatic heterocycles. The Morgan fingerprint density at radius 3 is 3.00 bits per heavy atom. The molecule has 0 radical (unpaired) electrons. The summed E-state index contributed by atoms with van der Waals surface area (Å²) < 4.78 is 12.3. The van der Waals surface area contributed by atoms with Crippen LogP contribution in [0.4, 0.5) is 0 Å². The number of para-hydroxylation sites is 1. The number of carbonyl (C=O) groups is 1. The molecule has 2 aliphatic rings. The molecular formula is C24H25N3O3. The van der Waals surface area contributed by atoms with E-state index in [0.29, 0.717) is 25.3 Å². The Kier molecular flexibility index (Phi) is 5.19. The van der Waals surface area contributed by atoms with Crippen molar-refractivity contribution < 1.29 is 14.3 Å². The molecule has 1 spiro atoms. The lowest BCUT2D eigenvalue weighted by Crippen LogP contribution is -2.50. The van der Waals surface area contributed by atoms with Crippen LogP contribution in [0.15, 0.2) is 61.1 Å². The van der Waals surface area contributed by atoms with Crippen molar-refractivity contribution in [2.45, 2.75) is 37.6 Å². The molecule has 0 N–H and O–H groups in total. The van der Waals surface area contributed by atoms with E-state index in [0.717, 1.165) is 42.3 Å². The van der Waals surface area contributed by atoms with Gasteiger partial charge in [0.1, 0.15) is 0 Å². The summed E-state index contributed by atoms with van der Waals surface area (Å²) in [4.78, 5) is 23.8. The van der Waals surface area contributed by atoms with Gasteiger partial charge < -0.3 is 14.4 Å². The van der Waals surface area contributed by atoms with Gasteiger partial charge in [-0.25, -0.2) is 0 Å². The molecule has 6 nitrogen and oxygen atoms in total. The molecule has 5 rings (SSSR count). The smallest absolute Gasteiger partial charge is 0.256 e. The summed E-state index contributed by atoms with van der Waals surface area (Å²) in [6, 6.07) is 13.6. The van der Waals surface area contributed by atoms with Crippen molar-refractivity contribution in [2.75, 3.05) is 19.7 Å². The topological polar surface area (TPSA) is 64.6 Å². The number of piperidine rings is 1. The first kappa shape index (κ1) is 19.2. The fraction of sp³-hybridized carbons (Fsp3) is 0.375. The van der Waals surface area contributed by atoms with Gasteiger partial charge in [-0.15, -0.1) is 0 Å². The average molecular weight is 403 g/mol. The highest BCUT2D eigenvalue weighted by Gasteiger charge is 2.45. The van der Waals surface area contributed by atoms with Crippen molar-refractivity contribution in [3.63, 3.8) is 0 Å². The lowest BCUT2D eigenvalue weighted by molar-refractivity contribution is -0.0466. The van der Waals surface area contributed by atoms with Gasteiger partial charge in [0.05, 0.1) is 42.5 Å². The van der Waals surface area contributed by atoms with Gasteiger partial charge >= 0.3 is 0 Å². The molecular weight excluding hydrogens is 378 g/mol. The standard InChI is InChI=1S/C24H25N3O3/c28-23(21-8-1-6-19-7-3-11-26-22(19)21)27-12-4-9-24(17-27)13-20(16-30-24)29-15-18-5-2-10-25-14-18/h1-3,5-8,10-11,14,20H,4,9,12-13,15-17H2.